The van der Waals surface area contributed by atoms with Gasteiger partial charge in [-0.25, -0.2) is 14.6 Å². The minimum Gasteiger partial charge on any atom is -0.346 e. The number of carbonyl (C=O) groups excluding carboxylic acids is 1. The van der Waals surface area contributed by atoms with Crippen LogP contribution in [-0.2, 0) is 6.54 Å². The van der Waals surface area contributed by atoms with E-state index in [9.17, 15) is 4.79 Å². The molecule has 0 aliphatic rings. The van der Waals surface area contributed by atoms with Gasteiger partial charge in [0, 0.05) is 29.2 Å². The van der Waals surface area contributed by atoms with Crippen LogP contribution in [0.5, 0.6) is 0 Å². The van der Waals surface area contributed by atoms with Gasteiger partial charge in [0.25, 0.3) is 0 Å². The quantitative estimate of drug-likeness (QED) is 0.209. The van der Waals surface area contributed by atoms with Crippen LogP contribution in [0.2, 0.25) is 0 Å². The Morgan fingerprint density at radius 3 is 2.69 bits per heavy atom. The highest BCUT2D eigenvalue weighted by molar-refractivity contribution is 8.00. The lowest BCUT2D eigenvalue weighted by Gasteiger charge is -2.04. The fourth-order valence-corrected chi connectivity index (χ4v) is 4.58. The molecule has 3 aromatic heterocycles. The standard InChI is InChI=1S/C24H18N6OS/c25-11-6-12-29-14-20(18-9-4-5-10-21(18)29)22(31)15-32-24-19-13-28-30(23(19)26-16-27-24)17-7-2-1-3-8-17/h1-5,7-10,13-14,16H,6,12,15H2. The van der Waals surface area contributed by atoms with E-state index >= 15 is 0 Å². The highest BCUT2D eigenvalue weighted by Crippen LogP contribution is 2.28. The summed E-state index contributed by atoms with van der Waals surface area (Å²) < 4.78 is 3.74. The Hall–Kier alpha value is -3.96. The van der Waals surface area contributed by atoms with Gasteiger partial charge < -0.3 is 4.57 Å². The molecular weight excluding hydrogens is 420 g/mol. The number of nitrogens with zero attached hydrogens (tertiary/aromatic N) is 6. The van der Waals surface area contributed by atoms with Gasteiger partial charge in [0.2, 0.25) is 0 Å². The van der Waals surface area contributed by atoms with Crippen molar-refractivity contribution < 1.29 is 4.79 Å². The predicted octanol–water partition coefficient (Wildman–Crippen LogP) is 4.66. The maximum absolute atomic E-state index is 13.1. The van der Waals surface area contributed by atoms with Crippen LogP contribution < -0.4 is 0 Å². The number of Topliss-reactive ketones (excluding diaryl/α,β-unsaturated/α-hetero) is 1. The molecule has 7 nitrogen and oxygen atoms in total. The fraction of sp³-hybridized carbons (Fsp3) is 0.125. The van der Waals surface area contributed by atoms with Gasteiger partial charge in [-0.3, -0.25) is 4.79 Å². The predicted molar refractivity (Wildman–Crippen MR) is 124 cm³/mol. The van der Waals surface area contributed by atoms with E-state index in [-0.39, 0.29) is 11.5 Å². The van der Waals surface area contributed by atoms with E-state index in [0.29, 0.717) is 24.2 Å². The lowest BCUT2D eigenvalue weighted by atomic mass is 10.1. The number of thioether (sulfide) groups is 1. The normalized spacial score (nSPS) is 11.1. The number of fused-ring (bicyclic) bond motifs is 2. The summed E-state index contributed by atoms with van der Waals surface area (Å²) >= 11 is 1.38. The molecule has 0 radical (unpaired) electrons. The Bertz CT molecular complexity index is 1460. The van der Waals surface area contributed by atoms with Crippen molar-refractivity contribution in [1.29, 1.82) is 5.26 Å². The maximum atomic E-state index is 13.1. The number of hydrogen-bond acceptors (Lipinski definition) is 6. The van der Waals surface area contributed by atoms with Gasteiger partial charge in [0.05, 0.1) is 35.5 Å². The van der Waals surface area contributed by atoms with Crippen molar-refractivity contribution in [2.45, 2.75) is 18.0 Å². The summed E-state index contributed by atoms with van der Waals surface area (Å²) in [5.74, 6) is 0.263. The highest BCUT2D eigenvalue weighted by Gasteiger charge is 2.17. The van der Waals surface area contributed by atoms with Crippen molar-refractivity contribution in [2.75, 3.05) is 5.75 Å². The number of rotatable bonds is 7. The molecule has 2 aromatic carbocycles. The summed E-state index contributed by atoms with van der Waals surface area (Å²) in [6, 6.07) is 19.7. The molecule has 5 aromatic rings. The van der Waals surface area contributed by atoms with Gasteiger partial charge >= 0.3 is 0 Å². The number of para-hydroxylation sites is 2. The van der Waals surface area contributed by atoms with Crippen molar-refractivity contribution in [2.24, 2.45) is 0 Å². The van der Waals surface area contributed by atoms with E-state index < -0.39 is 0 Å². The van der Waals surface area contributed by atoms with Gasteiger partial charge in [-0.1, -0.05) is 48.2 Å². The minimum atomic E-state index is 0.0177. The molecule has 5 rings (SSSR count). The molecule has 8 heteroatoms. The van der Waals surface area contributed by atoms with E-state index in [1.165, 1.54) is 18.1 Å². The number of aromatic nitrogens is 5. The second kappa shape index (κ2) is 8.65. The molecule has 156 valence electrons. The van der Waals surface area contributed by atoms with E-state index in [2.05, 4.69) is 21.1 Å². The van der Waals surface area contributed by atoms with Gasteiger partial charge in [-0.2, -0.15) is 10.4 Å². The topological polar surface area (TPSA) is 89.4 Å². The van der Waals surface area contributed by atoms with Crippen molar-refractivity contribution in [3.05, 3.63) is 78.9 Å². The molecule has 0 N–H and O–H groups in total. The Balaban J connectivity index is 1.41. The molecule has 3 heterocycles. The van der Waals surface area contributed by atoms with Gasteiger partial charge in [-0.05, 0) is 18.2 Å². The Morgan fingerprint density at radius 2 is 1.84 bits per heavy atom. The first-order valence-electron chi connectivity index (χ1n) is 10.1. The zero-order chi connectivity index (χ0) is 21.9. The average Bonchev–Trinajstić information content (AvgIpc) is 3.44. The Morgan fingerprint density at radius 1 is 1.03 bits per heavy atom. The zero-order valence-corrected chi connectivity index (χ0v) is 17.9. The first-order valence-corrected chi connectivity index (χ1v) is 11.1. The molecule has 0 bridgehead atoms. The third kappa shape index (κ3) is 3.63. The number of benzene rings is 2. The zero-order valence-electron chi connectivity index (χ0n) is 17.0. The van der Waals surface area contributed by atoms with Crippen molar-refractivity contribution in [1.82, 2.24) is 24.3 Å². The molecule has 0 aliphatic heterocycles. The summed E-state index contributed by atoms with van der Waals surface area (Å²) in [7, 11) is 0. The van der Waals surface area contributed by atoms with Crippen LogP contribution in [0, 0.1) is 11.3 Å². The van der Waals surface area contributed by atoms with Crippen molar-refractivity contribution in [3.63, 3.8) is 0 Å². The van der Waals surface area contributed by atoms with E-state index in [0.717, 1.165) is 27.0 Å². The monoisotopic (exact) mass is 438 g/mol. The van der Waals surface area contributed by atoms with Crippen LogP contribution in [0.25, 0.3) is 27.6 Å². The van der Waals surface area contributed by atoms with Crippen LogP contribution in [-0.4, -0.2) is 35.9 Å². The van der Waals surface area contributed by atoms with Crippen molar-refractivity contribution >= 4 is 39.5 Å². The summed E-state index contributed by atoms with van der Waals surface area (Å²) in [4.78, 5) is 21.9. The minimum absolute atomic E-state index is 0.0177. The summed E-state index contributed by atoms with van der Waals surface area (Å²) in [6.45, 7) is 0.558. The SMILES string of the molecule is N#CCCn1cc(C(=O)CSc2ncnc3c2cnn3-c2ccccc2)c2ccccc21. The Kier molecular flexibility index (Phi) is 5.40. The molecule has 0 spiro atoms. The summed E-state index contributed by atoms with van der Waals surface area (Å²) in [5.41, 5.74) is 3.24. The molecule has 0 fully saturated rings. The largest absolute Gasteiger partial charge is 0.346 e. The summed E-state index contributed by atoms with van der Waals surface area (Å²) in [5, 5.41) is 15.8. The molecule has 0 amide bonds. The smallest absolute Gasteiger partial charge is 0.175 e. The van der Waals surface area contributed by atoms with Gasteiger partial charge in [-0.15, -0.1) is 0 Å². The van der Waals surface area contributed by atoms with Crippen molar-refractivity contribution in [3.8, 4) is 11.8 Å². The van der Waals surface area contributed by atoms with Gasteiger partial charge in [0.15, 0.2) is 11.4 Å². The number of hydrogen-bond donors (Lipinski definition) is 0. The van der Waals surface area contributed by atoms with Crippen LogP contribution in [0.1, 0.15) is 16.8 Å². The molecular formula is C24H18N6OS. The third-order valence-corrected chi connectivity index (χ3v) is 6.23. The second-order valence-corrected chi connectivity index (χ2v) is 8.15. The number of nitriles is 1. The molecule has 0 atom stereocenters. The van der Waals surface area contributed by atoms with Crippen LogP contribution in [0.3, 0.4) is 0 Å². The lowest BCUT2D eigenvalue weighted by molar-refractivity contribution is 0.102. The van der Waals surface area contributed by atoms with Crippen LogP contribution in [0.4, 0.5) is 0 Å². The van der Waals surface area contributed by atoms with Crippen LogP contribution in [0.15, 0.2) is 78.3 Å². The van der Waals surface area contributed by atoms with Gasteiger partial charge in [0.1, 0.15) is 11.4 Å². The first kappa shape index (κ1) is 20.0. The summed E-state index contributed by atoms with van der Waals surface area (Å²) in [6.07, 6.45) is 5.49. The first-order chi connectivity index (χ1) is 15.8. The lowest BCUT2D eigenvalue weighted by Crippen LogP contribution is -2.03. The fourth-order valence-electron chi connectivity index (χ4n) is 3.73. The average molecular weight is 439 g/mol. The highest BCUT2D eigenvalue weighted by atomic mass is 32.2. The number of carbonyl (C=O) groups is 1. The molecule has 0 unspecified atom stereocenters. The van der Waals surface area contributed by atoms with Crippen LogP contribution >= 0.6 is 11.8 Å². The van der Waals surface area contributed by atoms with E-state index in [4.69, 9.17) is 5.26 Å². The maximum Gasteiger partial charge on any atom is 0.175 e. The second-order valence-electron chi connectivity index (χ2n) is 7.18. The number of aryl methyl sites for hydroxylation is 1. The Labute approximate surface area is 188 Å². The van der Waals surface area contributed by atoms with E-state index in [1.807, 2.05) is 65.4 Å². The molecule has 0 aliphatic carbocycles. The third-order valence-electron chi connectivity index (χ3n) is 5.22. The molecule has 0 saturated carbocycles. The molecule has 32 heavy (non-hydrogen) atoms. The molecule has 0 saturated heterocycles. The number of ketones is 1. The van der Waals surface area contributed by atoms with E-state index in [1.54, 1.807) is 10.9 Å².